The lowest BCUT2D eigenvalue weighted by molar-refractivity contribution is -0.117. The van der Waals surface area contributed by atoms with Gasteiger partial charge >= 0.3 is 0 Å². The van der Waals surface area contributed by atoms with E-state index in [0.29, 0.717) is 21.8 Å². The number of hydrogen-bond acceptors (Lipinski definition) is 4. The number of amides is 1. The first-order valence-corrected chi connectivity index (χ1v) is 9.40. The number of nitrogens with one attached hydrogen (secondary N) is 1. The third kappa shape index (κ3) is 3.64. The summed E-state index contributed by atoms with van der Waals surface area (Å²) in [7, 11) is 0. The number of para-hydroxylation sites is 1. The molecule has 8 heteroatoms. The number of aryl methyl sites for hydroxylation is 2. The van der Waals surface area contributed by atoms with Gasteiger partial charge in [-0.05, 0) is 50.2 Å². The van der Waals surface area contributed by atoms with Gasteiger partial charge in [0.1, 0.15) is 6.54 Å². The Labute approximate surface area is 171 Å². The van der Waals surface area contributed by atoms with Gasteiger partial charge in [0.05, 0.1) is 22.5 Å². The van der Waals surface area contributed by atoms with Crippen molar-refractivity contribution in [2.45, 2.75) is 20.4 Å². The Balaban J connectivity index is 1.69. The molecule has 0 radical (unpaired) electrons. The zero-order chi connectivity index (χ0) is 20.5. The number of hydrogen-bond donors (Lipinski definition) is 1. The second kappa shape index (κ2) is 7.52. The first kappa shape index (κ1) is 18.9. The topological polar surface area (TPSA) is 81.8 Å². The van der Waals surface area contributed by atoms with Crippen molar-refractivity contribution in [2.75, 3.05) is 5.32 Å². The van der Waals surface area contributed by atoms with Crippen molar-refractivity contribution in [1.82, 2.24) is 19.6 Å². The molecule has 1 amide bonds. The zero-order valence-electron chi connectivity index (χ0n) is 15.9. The quantitative estimate of drug-likeness (QED) is 0.561. The van der Waals surface area contributed by atoms with Crippen LogP contribution in [0.2, 0.25) is 5.02 Å². The highest BCUT2D eigenvalue weighted by Crippen LogP contribution is 2.21. The van der Waals surface area contributed by atoms with Gasteiger partial charge in [-0.25, -0.2) is 9.36 Å². The fourth-order valence-corrected chi connectivity index (χ4v) is 3.41. The van der Waals surface area contributed by atoms with Crippen LogP contribution in [0.1, 0.15) is 11.4 Å². The monoisotopic (exact) mass is 407 g/mol. The number of carbonyl (C=O) groups is 1. The van der Waals surface area contributed by atoms with Crippen molar-refractivity contribution in [1.29, 1.82) is 0 Å². The van der Waals surface area contributed by atoms with Crippen LogP contribution in [0.5, 0.6) is 0 Å². The Morgan fingerprint density at radius 3 is 2.41 bits per heavy atom. The molecule has 0 spiro atoms. The molecule has 4 rings (SSSR count). The Morgan fingerprint density at radius 2 is 1.72 bits per heavy atom. The van der Waals surface area contributed by atoms with Gasteiger partial charge in [0.25, 0.3) is 5.56 Å². The molecule has 0 saturated heterocycles. The van der Waals surface area contributed by atoms with Crippen LogP contribution < -0.4 is 10.9 Å². The molecule has 29 heavy (non-hydrogen) atoms. The Morgan fingerprint density at radius 1 is 1.03 bits per heavy atom. The molecule has 0 saturated carbocycles. The van der Waals surface area contributed by atoms with Gasteiger partial charge < -0.3 is 5.32 Å². The predicted octanol–water partition coefficient (Wildman–Crippen LogP) is 3.49. The Bertz CT molecular complexity index is 1260. The van der Waals surface area contributed by atoms with E-state index in [1.165, 1.54) is 0 Å². The summed E-state index contributed by atoms with van der Waals surface area (Å²) in [6.07, 6.45) is 0. The lowest BCUT2D eigenvalue weighted by Crippen LogP contribution is -2.30. The Hall–Kier alpha value is -3.45. The third-order valence-corrected chi connectivity index (χ3v) is 4.86. The molecule has 0 unspecified atom stereocenters. The van der Waals surface area contributed by atoms with E-state index in [2.05, 4.69) is 15.5 Å². The summed E-state index contributed by atoms with van der Waals surface area (Å²) in [5, 5.41) is 12.8. The van der Waals surface area contributed by atoms with Crippen LogP contribution in [0, 0.1) is 13.8 Å². The SMILES string of the molecule is Cc1nn(CC(=O)Nc2ccc(Cl)cc2)c(=O)c2nn(-c3ccccc3)c(C)c12. The number of nitrogens with zero attached hydrogens (tertiary/aromatic N) is 4. The lowest BCUT2D eigenvalue weighted by Gasteiger charge is -2.08. The largest absolute Gasteiger partial charge is 0.324 e. The summed E-state index contributed by atoms with van der Waals surface area (Å²) in [6, 6.07) is 16.3. The van der Waals surface area contributed by atoms with Gasteiger partial charge in [-0.2, -0.15) is 10.2 Å². The van der Waals surface area contributed by atoms with Crippen LogP contribution in [-0.4, -0.2) is 25.5 Å². The van der Waals surface area contributed by atoms with E-state index in [1.54, 1.807) is 35.9 Å². The van der Waals surface area contributed by atoms with E-state index in [-0.39, 0.29) is 18.0 Å². The number of aromatic nitrogens is 4. The number of anilines is 1. The van der Waals surface area contributed by atoms with Crippen LogP contribution in [-0.2, 0) is 11.3 Å². The fourth-order valence-electron chi connectivity index (χ4n) is 3.28. The molecule has 4 aromatic rings. The second-order valence-corrected chi connectivity index (χ2v) is 7.10. The maximum atomic E-state index is 12.9. The van der Waals surface area contributed by atoms with E-state index >= 15 is 0 Å². The molecule has 2 heterocycles. The molecule has 0 aliphatic rings. The van der Waals surface area contributed by atoms with Crippen molar-refractivity contribution in [3.8, 4) is 5.69 Å². The highest BCUT2D eigenvalue weighted by atomic mass is 35.5. The number of benzene rings is 2. The maximum absolute atomic E-state index is 12.9. The molecule has 7 nitrogen and oxygen atoms in total. The second-order valence-electron chi connectivity index (χ2n) is 6.66. The summed E-state index contributed by atoms with van der Waals surface area (Å²) in [5.41, 5.74) is 2.79. The summed E-state index contributed by atoms with van der Waals surface area (Å²) in [4.78, 5) is 25.3. The molecule has 0 aliphatic carbocycles. The molecule has 0 bridgehead atoms. The smallest absolute Gasteiger partial charge is 0.295 e. The van der Waals surface area contributed by atoms with Crippen LogP contribution >= 0.6 is 11.6 Å². The third-order valence-electron chi connectivity index (χ3n) is 4.61. The highest BCUT2D eigenvalue weighted by molar-refractivity contribution is 6.30. The number of carbonyl (C=O) groups excluding carboxylic acids is 1. The van der Waals surface area contributed by atoms with Crippen LogP contribution in [0.3, 0.4) is 0 Å². The average molecular weight is 408 g/mol. The van der Waals surface area contributed by atoms with Crippen molar-refractivity contribution in [3.63, 3.8) is 0 Å². The summed E-state index contributed by atoms with van der Waals surface area (Å²) in [5.74, 6) is -0.361. The van der Waals surface area contributed by atoms with Gasteiger partial charge in [-0.1, -0.05) is 29.8 Å². The minimum Gasteiger partial charge on any atom is -0.324 e. The minimum absolute atomic E-state index is 0.213. The minimum atomic E-state index is -0.408. The van der Waals surface area contributed by atoms with E-state index in [4.69, 9.17) is 11.6 Å². The van der Waals surface area contributed by atoms with Gasteiger partial charge in [-0.3, -0.25) is 9.59 Å². The first-order valence-electron chi connectivity index (χ1n) is 9.02. The summed E-state index contributed by atoms with van der Waals surface area (Å²) in [6.45, 7) is 3.49. The number of rotatable bonds is 4. The van der Waals surface area contributed by atoms with Gasteiger partial charge in [0, 0.05) is 10.7 Å². The number of halogens is 1. The lowest BCUT2D eigenvalue weighted by atomic mass is 10.2. The van der Waals surface area contributed by atoms with E-state index in [0.717, 1.165) is 16.1 Å². The summed E-state index contributed by atoms with van der Waals surface area (Å²) < 4.78 is 2.86. The molecule has 146 valence electrons. The van der Waals surface area contributed by atoms with Crippen LogP contribution in [0.25, 0.3) is 16.6 Å². The molecule has 1 N–H and O–H groups in total. The van der Waals surface area contributed by atoms with Crippen LogP contribution in [0.15, 0.2) is 59.4 Å². The van der Waals surface area contributed by atoms with Gasteiger partial charge in [-0.15, -0.1) is 0 Å². The van der Waals surface area contributed by atoms with E-state index in [1.807, 2.05) is 37.3 Å². The van der Waals surface area contributed by atoms with Gasteiger partial charge in [0.15, 0.2) is 5.52 Å². The van der Waals surface area contributed by atoms with Gasteiger partial charge in [0.2, 0.25) is 5.91 Å². The Kier molecular flexibility index (Phi) is 4.90. The van der Waals surface area contributed by atoms with E-state index < -0.39 is 5.56 Å². The van der Waals surface area contributed by atoms with E-state index in [9.17, 15) is 9.59 Å². The molecular weight excluding hydrogens is 390 g/mol. The normalized spacial score (nSPS) is 11.0. The summed E-state index contributed by atoms with van der Waals surface area (Å²) >= 11 is 5.85. The highest BCUT2D eigenvalue weighted by Gasteiger charge is 2.18. The first-order chi connectivity index (χ1) is 13.9. The molecule has 2 aromatic heterocycles. The predicted molar refractivity (Wildman–Crippen MR) is 113 cm³/mol. The molecule has 0 fully saturated rings. The van der Waals surface area contributed by atoms with Crippen LogP contribution in [0.4, 0.5) is 5.69 Å². The molecule has 0 atom stereocenters. The molecular formula is C21H18ClN5O2. The van der Waals surface area contributed by atoms with Crippen molar-refractivity contribution in [3.05, 3.63) is 81.4 Å². The molecule has 2 aromatic carbocycles. The standard InChI is InChI=1S/C21H18ClN5O2/c1-13-19-14(2)27(17-6-4-3-5-7-17)25-20(19)21(29)26(24-13)12-18(28)23-16-10-8-15(22)9-11-16/h3-11H,12H2,1-2H3,(H,23,28). The molecule has 0 aliphatic heterocycles. The fraction of sp³-hybridized carbons (Fsp3) is 0.143. The maximum Gasteiger partial charge on any atom is 0.295 e. The average Bonchev–Trinajstić information content (AvgIpc) is 3.06. The van der Waals surface area contributed by atoms with Crippen molar-refractivity contribution in [2.24, 2.45) is 0 Å². The zero-order valence-corrected chi connectivity index (χ0v) is 16.6. The van der Waals surface area contributed by atoms with Crippen molar-refractivity contribution < 1.29 is 4.79 Å². The van der Waals surface area contributed by atoms with Crippen molar-refractivity contribution >= 4 is 34.1 Å². The number of fused-ring (bicyclic) bond motifs is 1.